The average molecular weight is 307 g/mol. The van der Waals surface area contributed by atoms with Gasteiger partial charge in [0.15, 0.2) is 0 Å². The summed E-state index contributed by atoms with van der Waals surface area (Å²) in [5, 5.41) is 11.1. The van der Waals surface area contributed by atoms with Crippen LogP contribution in [0.1, 0.15) is 16.8 Å². The van der Waals surface area contributed by atoms with Crippen LogP contribution in [0.25, 0.3) is 0 Å². The number of aromatic nitrogens is 1. The van der Waals surface area contributed by atoms with E-state index in [1.807, 2.05) is 0 Å². The van der Waals surface area contributed by atoms with E-state index in [1.165, 1.54) is 30.1 Å². The predicted molar refractivity (Wildman–Crippen MR) is 80.7 cm³/mol. The molecule has 2 N–H and O–H groups in total. The maximum Gasteiger partial charge on any atom is 0.278 e. The van der Waals surface area contributed by atoms with Gasteiger partial charge in [0.2, 0.25) is 0 Å². The number of nitrogen functional groups attached to an aromatic ring is 1. The fourth-order valence-electron chi connectivity index (χ4n) is 2.01. The maximum absolute atomic E-state index is 13.3. The van der Waals surface area contributed by atoms with Crippen molar-refractivity contribution in [2.24, 2.45) is 0 Å². The molecule has 0 aliphatic rings. The largest absolute Gasteiger partial charge is 0.399 e. The Bertz CT molecular complexity index is 687. The molecule has 0 fully saturated rings. The predicted octanol–water partition coefficient (Wildman–Crippen LogP) is 3.62. The van der Waals surface area contributed by atoms with Gasteiger partial charge in [-0.05, 0) is 32.0 Å². The first-order chi connectivity index (χ1) is 9.88. The summed E-state index contributed by atoms with van der Waals surface area (Å²) in [6, 6.07) is 4.27. The summed E-state index contributed by atoms with van der Waals surface area (Å²) < 4.78 is 13.3. The summed E-state index contributed by atoms with van der Waals surface area (Å²) in [6.07, 6.45) is 1.49. The number of hydrogen-bond donors (Lipinski definition) is 1. The van der Waals surface area contributed by atoms with E-state index in [1.54, 1.807) is 19.9 Å². The summed E-state index contributed by atoms with van der Waals surface area (Å²) in [5.74, 6) is 0.00705. The van der Waals surface area contributed by atoms with E-state index >= 15 is 0 Å². The molecule has 0 saturated carbocycles. The number of pyridine rings is 1. The Labute approximate surface area is 125 Å². The monoisotopic (exact) mass is 307 g/mol. The number of nitrogens with zero attached hydrogens (tertiary/aromatic N) is 2. The summed E-state index contributed by atoms with van der Waals surface area (Å²) in [4.78, 5) is 15.6. The molecule has 2 aromatic rings. The van der Waals surface area contributed by atoms with E-state index in [4.69, 9.17) is 5.73 Å². The second kappa shape index (κ2) is 6.09. The normalized spacial score (nSPS) is 10.6. The molecule has 0 atom stereocenters. The number of rotatable bonds is 4. The highest BCUT2D eigenvalue weighted by atomic mass is 32.2. The number of thioether (sulfide) groups is 1. The van der Waals surface area contributed by atoms with Crippen LogP contribution in [0.2, 0.25) is 0 Å². The van der Waals surface area contributed by atoms with Crippen LogP contribution in [0, 0.1) is 29.8 Å². The minimum absolute atomic E-state index is 0.0827. The number of nitro groups is 1. The second-order valence-corrected chi connectivity index (χ2v) is 5.68. The van der Waals surface area contributed by atoms with Crippen molar-refractivity contribution >= 4 is 23.1 Å². The molecule has 0 aliphatic carbocycles. The Hall–Kier alpha value is -2.15. The molecule has 110 valence electrons. The Morgan fingerprint density at radius 3 is 2.71 bits per heavy atom. The van der Waals surface area contributed by atoms with Gasteiger partial charge in [0.1, 0.15) is 5.82 Å². The van der Waals surface area contributed by atoms with Gasteiger partial charge in [-0.15, -0.1) is 11.8 Å². The quantitative estimate of drug-likeness (QED) is 0.404. The molecule has 0 aliphatic heterocycles. The molecule has 1 heterocycles. The number of halogens is 1. The number of benzene rings is 1. The first kappa shape index (κ1) is 15.2. The van der Waals surface area contributed by atoms with Gasteiger partial charge in [0.25, 0.3) is 5.69 Å². The van der Waals surface area contributed by atoms with Gasteiger partial charge in [-0.25, -0.2) is 4.39 Å². The van der Waals surface area contributed by atoms with Crippen LogP contribution >= 0.6 is 11.8 Å². The molecule has 5 nitrogen and oxygen atoms in total. The Balaban J connectivity index is 2.24. The van der Waals surface area contributed by atoms with Crippen LogP contribution in [0.5, 0.6) is 0 Å². The van der Waals surface area contributed by atoms with Crippen molar-refractivity contribution in [3.63, 3.8) is 0 Å². The van der Waals surface area contributed by atoms with E-state index in [-0.39, 0.29) is 5.69 Å². The van der Waals surface area contributed by atoms with Gasteiger partial charge in [-0.1, -0.05) is 0 Å². The molecule has 0 bridgehead atoms. The van der Waals surface area contributed by atoms with Crippen molar-refractivity contribution in [1.29, 1.82) is 0 Å². The Kier molecular flexibility index (Phi) is 4.42. The zero-order valence-corrected chi connectivity index (χ0v) is 12.4. The topological polar surface area (TPSA) is 82.0 Å². The third kappa shape index (κ3) is 3.49. The van der Waals surface area contributed by atoms with E-state index < -0.39 is 10.7 Å². The molecule has 1 aromatic heterocycles. The van der Waals surface area contributed by atoms with E-state index in [9.17, 15) is 14.5 Å². The van der Waals surface area contributed by atoms with Crippen LogP contribution in [0.4, 0.5) is 15.8 Å². The standard InChI is InChI=1S/C14H14FN3O2S/c1-8-6-17-13(9(2)14(8)18(19)20)7-21-12-4-10(15)3-11(16)5-12/h3-6H,7,16H2,1-2H3. The van der Waals surface area contributed by atoms with E-state index in [0.29, 0.717) is 33.2 Å². The van der Waals surface area contributed by atoms with Crippen molar-refractivity contribution in [2.75, 3.05) is 5.73 Å². The van der Waals surface area contributed by atoms with Crippen LogP contribution < -0.4 is 5.73 Å². The lowest BCUT2D eigenvalue weighted by Gasteiger charge is -2.08. The lowest BCUT2D eigenvalue weighted by Crippen LogP contribution is -2.01. The highest BCUT2D eigenvalue weighted by Crippen LogP contribution is 2.30. The van der Waals surface area contributed by atoms with Crippen LogP contribution in [0.15, 0.2) is 29.3 Å². The summed E-state index contributed by atoms with van der Waals surface area (Å²) in [7, 11) is 0. The van der Waals surface area contributed by atoms with Crippen LogP contribution in [-0.2, 0) is 5.75 Å². The van der Waals surface area contributed by atoms with Gasteiger partial charge in [-0.3, -0.25) is 15.1 Å². The van der Waals surface area contributed by atoms with Crippen LogP contribution in [-0.4, -0.2) is 9.91 Å². The van der Waals surface area contributed by atoms with Gasteiger partial charge in [0.05, 0.1) is 10.6 Å². The molecular weight excluding hydrogens is 293 g/mol. The molecule has 1 aromatic carbocycles. The molecular formula is C14H14FN3O2S. The molecule has 2 rings (SSSR count). The van der Waals surface area contributed by atoms with Crippen LogP contribution in [0.3, 0.4) is 0 Å². The highest BCUT2D eigenvalue weighted by molar-refractivity contribution is 7.98. The Morgan fingerprint density at radius 1 is 1.38 bits per heavy atom. The minimum Gasteiger partial charge on any atom is -0.399 e. The third-order valence-electron chi connectivity index (χ3n) is 3.03. The molecule has 0 amide bonds. The molecule has 0 spiro atoms. The van der Waals surface area contributed by atoms with Gasteiger partial charge < -0.3 is 5.73 Å². The third-order valence-corrected chi connectivity index (χ3v) is 4.01. The van der Waals surface area contributed by atoms with Crippen molar-refractivity contribution in [1.82, 2.24) is 4.98 Å². The zero-order chi connectivity index (χ0) is 15.6. The molecule has 0 saturated heterocycles. The SMILES string of the molecule is Cc1cnc(CSc2cc(N)cc(F)c2)c(C)c1[N+](=O)[O-]. The number of aryl methyl sites for hydroxylation is 1. The fraction of sp³-hybridized carbons (Fsp3) is 0.214. The van der Waals surface area contributed by atoms with Gasteiger partial charge in [0, 0.05) is 33.7 Å². The molecule has 0 unspecified atom stereocenters. The van der Waals surface area contributed by atoms with Gasteiger partial charge in [-0.2, -0.15) is 0 Å². The summed E-state index contributed by atoms with van der Waals surface area (Å²) in [5.41, 5.74) is 7.69. The maximum atomic E-state index is 13.3. The van der Waals surface area contributed by atoms with Crippen molar-refractivity contribution in [2.45, 2.75) is 24.5 Å². The number of hydrogen-bond acceptors (Lipinski definition) is 5. The van der Waals surface area contributed by atoms with Gasteiger partial charge >= 0.3 is 0 Å². The fourth-order valence-corrected chi connectivity index (χ4v) is 3.02. The average Bonchev–Trinajstić information content (AvgIpc) is 2.36. The Morgan fingerprint density at radius 2 is 2.10 bits per heavy atom. The summed E-state index contributed by atoms with van der Waals surface area (Å²) >= 11 is 1.34. The number of nitrogens with two attached hydrogens (primary N) is 1. The van der Waals surface area contributed by atoms with Crippen molar-refractivity contribution < 1.29 is 9.31 Å². The van der Waals surface area contributed by atoms with E-state index in [0.717, 1.165) is 0 Å². The summed E-state index contributed by atoms with van der Waals surface area (Å²) in [6.45, 7) is 3.33. The van der Waals surface area contributed by atoms with Crippen molar-refractivity contribution in [3.05, 3.63) is 57.1 Å². The minimum atomic E-state index is -0.405. The smallest absolute Gasteiger partial charge is 0.278 e. The number of anilines is 1. The van der Waals surface area contributed by atoms with E-state index in [2.05, 4.69) is 4.98 Å². The zero-order valence-electron chi connectivity index (χ0n) is 11.6. The highest BCUT2D eigenvalue weighted by Gasteiger charge is 2.18. The van der Waals surface area contributed by atoms with Crippen molar-refractivity contribution in [3.8, 4) is 0 Å². The lowest BCUT2D eigenvalue weighted by atomic mass is 10.1. The molecule has 0 radical (unpaired) electrons. The molecule has 21 heavy (non-hydrogen) atoms. The molecule has 7 heteroatoms. The lowest BCUT2D eigenvalue weighted by molar-refractivity contribution is -0.386. The first-order valence-corrected chi connectivity index (χ1v) is 7.15. The first-order valence-electron chi connectivity index (χ1n) is 6.17. The second-order valence-electron chi connectivity index (χ2n) is 4.63.